The number of H-pyrrole nitrogens is 1. The number of benzene rings is 1. The molecule has 1 atom stereocenters. The van der Waals surface area contributed by atoms with Crippen molar-refractivity contribution in [1.29, 1.82) is 0 Å². The first kappa shape index (κ1) is 14.7. The summed E-state index contributed by atoms with van der Waals surface area (Å²) in [5, 5.41) is 14.1. The zero-order chi connectivity index (χ0) is 15.6. The molecule has 23 heavy (non-hydrogen) atoms. The van der Waals surface area contributed by atoms with Crippen molar-refractivity contribution in [2.45, 2.75) is 25.3 Å². The van der Waals surface area contributed by atoms with Crippen molar-refractivity contribution in [3.05, 3.63) is 58.4 Å². The highest BCUT2D eigenvalue weighted by Crippen LogP contribution is 2.33. The molecule has 3 aromatic rings. The van der Waals surface area contributed by atoms with Gasteiger partial charge in [0.15, 0.2) is 18.0 Å². The number of quaternary nitrogens is 1. The van der Waals surface area contributed by atoms with Crippen LogP contribution in [0.15, 0.2) is 48.0 Å². The Balaban J connectivity index is 1.84. The first-order valence-electron chi connectivity index (χ1n) is 8.35. The van der Waals surface area contributed by atoms with Crippen LogP contribution in [0.25, 0.3) is 10.9 Å². The molecule has 1 fully saturated rings. The summed E-state index contributed by atoms with van der Waals surface area (Å²) in [5.41, 5.74) is 1.88. The molecule has 1 unspecified atom stereocenters. The number of pyridine rings is 1. The van der Waals surface area contributed by atoms with E-state index in [1.165, 1.54) is 37.2 Å². The summed E-state index contributed by atoms with van der Waals surface area (Å²) in [7, 11) is 0. The second-order valence-electron chi connectivity index (χ2n) is 6.31. The third-order valence-electron chi connectivity index (χ3n) is 4.88. The number of likely N-dealkylation sites (tertiary alicyclic amines) is 1. The van der Waals surface area contributed by atoms with Crippen molar-refractivity contribution in [3.63, 3.8) is 0 Å². The quantitative estimate of drug-likeness (QED) is 0.763. The fraction of sp³-hybridized carbons (Fsp3) is 0.316. The molecule has 0 aliphatic carbocycles. The third kappa shape index (κ3) is 2.73. The molecule has 118 valence electrons. The summed E-state index contributed by atoms with van der Waals surface area (Å²) < 4.78 is 0. The normalized spacial score (nSPS) is 17.4. The zero-order valence-electron chi connectivity index (χ0n) is 13.1. The minimum absolute atomic E-state index is 0.230. The Bertz CT molecular complexity index is 794. The summed E-state index contributed by atoms with van der Waals surface area (Å²) in [4.78, 5) is 6.12. The molecule has 4 rings (SSSR count). The van der Waals surface area contributed by atoms with E-state index in [0.717, 1.165) is 16.5 Å². The molecule has 3 N–H and O–H groups in total. The maximum Gasteiger partial charge on any atom is 0.253 e. The van der Waals surface area contributed by atoms with Gasteiger partial charge in [0, 0.05) is 6.07 Å². The Kier molecular flexibility index (Phi) is 4.02. The van der Waals surface area contributed by atoms with Gasteiger partial charge >= 0.3 is 0 Å². The van der Waals surface area contributed by atoms with E-state index < -0.39 is 0 Å². The number of rotatable bonds is 3. The van der Waals surface area contributed by atoms with Crippen molar-refractivity contribution in [2.75, 3.05) is 13.1 Å². The number of hydrogen-bond acceptors (Lipinski definition) is 2. The van der Waals surface area contributed by atoms with E-state index in [9.17, 15) is 5.11 Å². The molecule has 4 heteroatoms. The smallest absolute Gasteiger partial charge is 0.253 e. The van der Waals surface area contributed by atoms with E-state index in [1.54, 1.807) is 16.2 Å². The highest BCUT2D eigenvalue weighted by Gasteiger charge is 2.32. The van der Waals surface area contributed by atoms with Crippen LogP contribution in [0, 0.1) is 0 Å². The molecule has 1 aromatic carbocycles. The van der Waals surface area contributed by atoms with Gasteiger partial charge in [0.1, 0.15) is 0 Å². The first-order valence-corrected chi connectivity index (χ1v) is 9.23. The lowest BCUT2D eigenvalue weighted by Gasteiger charge is -2.31. The number of phenols is 1. The van der Waals surface area contributed by atoms with Gasteiger partial charge in [-0.1, -0.05) is 6.07 Å². The van der Waals surface area contributed by atoms with Crippen LogP contribution in [0.4, 0.5) is 0 Å². The number of piperidine rings is 1. The van der Waals surface area contributed by atoms with Crippen LogP contribution in [0.1, 0.15) is 35.7 Å². The molecule has 0 saturated carbocycles. The van der Waals surface area contributed by atoms with Crippen LogP contribution < -0.4 is 9.88 Å². The Morgan fingerprint density at radius 3 is 2.70 bits per heavy atom. The number of aromatic hydroxyl groups is 1. The average Bonchev–Trinajstić information content (AvgIpc) is 3.13. The van der Waals surface area contributed by atoms with Crippen molar-refractivity contribution in [3.8, 4) is 5.75 Å². The Morgan fingerprint density at radius 1 is 1.04 bits per heavy atom. The molecule has 1 aliphatic heterocycles. The van der Waals surface area contributed by atoms with Crippen molar-refractivity contribution in [2.24, 2.45) is 0 Å². The number of hydrogen-bond donors (Lipinski definition) is 2. The molecular formula is C19H22N2OS+2. The Morgan fingerprint density at radius 2 is 1.91 bits per heavy atom. The molecule has 1 saturated heterocycles. The number of aromatic nitrogens is 1. The Hall–Kier alpha value is -1.91. The van der Waals surface area contributed by atoms with Gasteiger partial charge in [-0.15, -0.1) is 11.3 Å². The Labute approximate surface area is 140 Å². The van der Waals surface area contributed by atoms with Crippen LogP contribution >= 0.6 is 11.3 Å². The van der Waals surface area contributed by atoms with Gasteiger partial charge in [0.05, 0.1) is 28.9 Å². The monoisotopic (exact) mass is 326 g/mol. The molecule has 0 amide bonds. The standard InChI is InChI=1S/C19H20N2OS/c22-19-15(9-8-14-6-4-10-20-17(14)19)18(16-7-5-13-23-16)21-11-2-1-3-12-21/h4-10,13,18,22H,1-3,11-12H2/p+2. The van der Waals surface area contributed by atoms with Gasteiger partial charge in [-0.25, -0.2) is 4.98 Å². The fourth-order valence-electron chi connectivity index (χ4n) is 3.75. The topological polar surface area (TPSA) is 38.8 Å². The molecule has 0 bridgehead atoms. The van der Waals surface area contributed by atoms with Crippen molar-refractivity contribution >= 4 is 22.2 Å². The van der Waals surface area contributed by atoms with E-state index in [0.29, 0.717) is 5.75 Å². The van der Waals surface area contributed by atoms with Crippen LogP contribution in [0.2, 0.25) is 0 Å². The van der Waals surface area contributed by atoms with E-state index in [2.05, 4.69) is 34.6 Å². The minimum atomic E-state index is 0.230. The largest absolute Gasteiger partial charge is 0.502 e. The fourth-order valence-corrected chi connectivity index (χ4v) is 4.66. The highest BCUT2D eigenvalue weighted by molar-refractivity contribution is 7.10. The highest BCUT2D eigenvalue weighted by atomic mass is 32.1. The second kappa shape index (κ2) is 6.30. The molecule has 2 aromatic heterocycles. The van der Waals surface area contributed by atoms with Crippen LogP contribution in [0.5, 0.6) is 5.75 Å². The van der Waals surface area contributed by atoms with Gasteiger partial charge in [-0.3, -0.25) is 0 Å². The lowest BCUT2D eigenvalue weighted by molar-refractivity contribution is -0.929. The van der Waals surface area contributed by atoms with E-state index >= 15 is 0 Å². The SMILES string of the molecule is Oc1c(C(c2cccs2)[NH+]2CCCCC2)ccc2ccc[nH+]c12. The number of aromatic amines is 1. The van der Waals surface area contributed by atoms with E-state index in [4.69, 9.17) is 0 Å². The van der Waals surface area contributed by atoms with Crippen molar-refractivity contribution in [1.82, 2.24) is 0 Å². The van der Waals surface area contributed by atoms with Crippen LogP contribution in [-0.4, -0.2) is 18.2 Å². The van der Waals surface area contributed by atoms with Gasteiger partial charge in [-0.05, 0) is 48.9 Å². The first-order chi connectivity index (χ1) is 11.3. The van der Waals surface area contributed by atoms with Gasteiger partial charge < -0.3 is 10.0 Å². The number of thiophene rings is 1. The summed E-state index contributed by atoms with van der Waals surface area (Å²) in [6, 6.07) is 12.8. The zero-order valence-corrected chi connectivity index (χ0v) is 13.9. The average molecular weight is 326 g/mol. The maximum absolute atomic E-state index is 10.9. The predicted octanol–water partition coefficient (Wildman–Crippen LogP) is 2.58. The number of phenolic OH excluding ortho intramolecular Hbond substituents is 1. The number of nitrogens with one attached hydrogen (secondary N) is 2. The predicted molar refractivity (Wildman–Crippen MR) is 92.9 cm³/mol. The van der Waals surface area contributed by atoms with E-state index in [-0.39, 0.29) is 6.04 Å². The van der Waals surface area contributed by atoms with Crippen LogP contribution in [-0.2, 0) is 0 Å². The van der Waals surface area contributed by atoms with Gasteiger partial charge in [0.2, 0.25) is 0 Å². The molecule has 0 radical (unpaired) electrons. The third-order valence-corrected chi connectivity index (χ3v) is 5.82. The van der Waals surface area contributed by atoms with Gasteiger partial charge in [-0.2, -0.15) is 0 Å². The van der Waals surface area contributed by atoms with Crippen LogP contribution in [0.3, 0.4) is 0 Å². The lowest BCUT2D eigenvalue weighted by atomic mass is 9.98. The molecule has 0 spiro atoms. The summed E-state index contributed by atoms with van der Waals surface area (Å²) >= 11 is 1.79. The minimum Gasteiger partial charge on any atom is -0.502 e. The molecular weight excluding hydrogens is 304 g/mol. The maximum atomic E-state index is 10.9. The molecule has 1 aliphatic rings. The lowest BCUT2D eigenvalue weighted by Crippen LogP contribution is -3.13. The van der Waals surface area contributed by atoms with Crippen molar-refractivity contribution < 1.29 is 15.0 Å². The second-order valence-corrected chi connectivity index (χ2v) is 7.28. The molecule has 3 nitrogen and oxygen atoms in total. The number of fused-ring (bicyclic) bond motifs is 1. The summed E-state index contributed by atoms with van der Waals surface area (Å²) in [6.45, 7) is 2.36. The summed E-state index contributed by atoms with van der Waals surface area (Å²) in [6.07, 6.45) is 5.76. The van der Waals surface area contributed by atoms with E-state index in [1.807, 2.05) is 18.3 Å². The molecule has 3 heterocycles. The summed E-state index contributed by atoms with van der Waals surface area (Å²) in [5.74, 6) is 0.402. The van der Waals surface area contributed by atoms with Gasteiger partial charge in [0.25, 0.3) is 5.52 Å².